The minimum absolute atomic E-state index is 0.171. The molecule has 0 amide bonds. The van der Waals surface area contributed by atoms with Crippen molar-refractivity contribution in [1.82, 2.24) is 15.0 Å². The number of rotatable bonds is 4. The van der Waals surface area contributed by atoms with Crippen LogP contribution in [0.3, 0.4) is 0 Å². The van der Waals surface area contributed by atoms with Gasteiger partial charge in [0.15, 0.2) is 5.78 Å². The van der Waals surface area contributed by atoms with E-state index in [0.29, 0.717) is 17.7 Å². The van der Waals surface area contributed by atoms with Crippen molar-refractivity contribution >= 4 is 28.6 Å². The van der Waals surface area contributed by atoms with E-state index in [0.717, 1.165) is 47.0 Å². The van der Waals surface area contributed by atoms with Gasteiger partial charge in [-0.2, -0.15) is 0 Å². The lowest BCUT2D eigenvalue weighted by Crippen LogP contribution is -2.53. The third-order valence-electron chi connectivity index (χ3n) is 11.3. The molecular formula is C29H41N3OS. The zero-order chi connectivity index (χ0) is 23.7. The van der Waals surface area contributed by atoms with Gasteiger partial charge in [0.1, 0.15) is 12.1 Å². The Kier molecular flexibility index (Phi) is 5.66. The normalized spacial score (nSPS) is 41.6. The number of thioether (sulfide) groups is 1. The first-order valence-corrected chi connectivity index (χ1v) is 15.0. The average molecular weight is 480 g/mol. The molecule has 0 bridgehead atoms. The standard InChI is InChI=1S/C29H41N3OS/c1-18-11-13-28(2)19(15-18)5-7-21-22-8-9-24(29(22,3)14-12-23(21)28)27(33)17-32-26-16-20(34-4)6-10-25(26)30-31-32/h6,10,16,18-19,21-24H,5,7-9,11-15,17H2,1-4H3. The highest BCUT2D eigenvalue weighted by molar-refractivity contribution is 7.98. The van der Waals surface area contributed by atoms with Crippen LogP contribution in [0.1, 0.15) is 78.6 Å². The predicted octanol–water partition coefficient (Wildman–Crippen LogP) is 7.02. The summed E-state index contributed by atoms with van der Waals surface area (Å²) < 4.78 is 1.86. The van der Waals surface area contributed by atoms with Gasteiger partial charge in [0.05, 0.1) is 5.52 Å². The molecule has 0 spiro atoms. The van der Waals surface area contributed by atoms with Crippen molar-refractivity contribution in [1.29, 1.82) is 0 Å². The van der Waals surface area contributed by atoms with Crippen LogP contribution in [0.2, 0.25) is 0 Å². The first kappa shape index (κ1) is 23.1. The first-order valence-electron chi connectivity index (χ1n) is 13.7. The van der Waals surface area contributed by atoms with Gasteiger partial charge in [0, 0.05) is 10.8 Å². The van der Waals surface area contributed by atoms with Crippen molar-refractivity contribution in [3.05, 3.63) is 18.2 Å². The van der Waals surface area contributed by atoms with E-state index < -0.39 is 0 Å². The molecule has 1 aromatic heterocycles. The van der Waals surface area contributed by atoms with E-state index in [2.05, 4.69) is 49.5 Å². The number of hydrogen-bond donors (Lipinski definition) is 0. The van der Waals surface area contributed by atoms with E-state index in [4.69, 9.17) is 0 Å². The summed E-state index contributed by atoms with van der Waals surface area (Å²) in [6, 6.07) is 6.23. The van der Waals surface area contributed by atoms with E-state index in [1.54, 1.807) is 11.8 Å². The Hall–Kier alpha value is -1.36. The Balaban J connectivity index is 1.22. The van der Waals surface area contributed by atoms with Gasteiger partial charge in [-0.25, -0.2) is 4.68 Å². The molecule has 8 unspecified atom stereocenters. The van der Waals surface area contributed by atoms with Gasteiger partial charge in [-0.05, 0) is 116 Å². The van der Waals surface area contributed by atoms with Crippen molar-refractivity contribution in [2.24, 2.45) is 46.3 Å². The number of aromatic nitrogens is 3. The van der Waals surface area contributed by atoms with Crippen LogP contribution < -0.4 is 0 Å². The number of fused-ring (bicyclic) bond motifs is 6. The van der Waals surface area contributed by atoms with Crippen LogP contribution in [0.5, 0.6) is 0 Å². The molecule has 1 aromatic carbocycles. The van der Waals surface area contributed by atoms with Crippen LogP contribution in [0.15, 0.2) is 23.1 Å². The maximum atomic E-state index is 13.8. The number of carbonyl (C=O) groups excluding carboxylic acids is 1. The monoisotopic (exact) mass is 479 g/mol. The van der Waals surface area contributed by atoms with Crippen molar-refractivity contribution in [3.8, 4) is 0 Å². The number of benzene rings is 1. The van der Waals surface area contributed by atoms with Crippen molar-refractivity contribution in [2.75, 3.05) is 6.26 Å². The topological polar surface area (TPSA) is 47.8 Å². The zero-order valence-corrected chi connectivity index (χ0v) is 22.2. The molecule has 4 saturated carbocycles. The fourth-order valence-electron chi connectivity index (χ4n) is 9.45. The van der Waals surface area contributed by atoms with Crippen LogP contribution in [-0.2, 0) is 11.3 Å². The second-order valence-electron chi connectivity index (χ2n) is 12.8. The summed E-state index contributed by atoms with van der Waals surface area (Å²) in [5, 5.41) is 8.70. The number of hydrogen-bond acceptors (Lipinski definition) is 4. The molecule has 4 aliphatic rings. The highest BCUT2D eigenvalue weighted by atomic mass is 32.2. The van der Waals surface area contributed by atoms with E-state index in [1.807, 2.05) is 10.7 Å². The Morgan fingerprint density at radius 1 is 1.06 bits per heavy atom. The second kappa shape index (κ2) is 8.35. The molecule has 0 saturated heterocycles. The van der Waals surface area contributed by atoms with Crippen LogP contribution >= 0.6 is 11.8 Å². The molecule has 4 aliphatic carbocycles. The lowest BCUT2D eigenvalue weighted by Gasteiger charge is -2.61. The van der Waals surface area contributed by atoms with Crippen molar-refractivity contribution < 1.29 is 4.79 Å². The van der Waals surface area contributed by atoms with E-state index >= 15 is 0 Å². The summed E-state index contributed by atoms with van der Waals surface area (Å²) in [5.74, 6) is 4.86. The van der Waals surface area contributed by atoms with Gasteiger partial charge >= 0.3 is 0 Å². The van der Waals surface area contributed by atoms with Crippen LogP contribution in [0.4, 0.5) is 0 Å². The maximum Gasteiger partial charge on any atom is 0.157 e. The van der Waals surface area contributed by atoms with Gasteiger partial charge in [-0.15, -0.1) is 16.9 Å². The van der Waals surface area contributed by atoms with Gasteiger partial charge in [0.2, 0.25) is 0 Å². The molecule has 6 rings (SSSR count). The molecule has 8 atom stereocenters. The summed E-state index contributed by atoms with van der Waals surface area (Å²) in [6.45, 7) is 7.97. The molecule has 1 heterocycles. The van der Waals surface area contributed by atoms with E-state index in [1.165, 1.54) is 56.3 Å². The van der Waals surface area contributed by atoms with Gasteiger partial charge in [-0.3, -0.25) is 4.79 Å². The van der Waals surface area contributed by atoms with Gasteiger partial charge in [-0.1, -0.05) is 32.4 Å². The molecule has 4 nitrogen and oxygen atoms in total. The summed E-state index contributed by atoms with van der Waals surface area (Å²) in [6.07, 6.45) is 14.1. The molecule has 4 fully saturated rings. The van der Waals surface area contributed by atoms with Crippen molar-refractivity contribution in [2.45, 2.75) is 90.0 Å². The molecule has 2 aromatic rings. The van der Waals surface area contributed by atoms with Gasteiger partial charge in [0.25, 0.3) is 0 Å². The summed E-state index contributed by atoms with van der Waals surface area (Å²) in [5.41, 5.74) is 2.59. The molecular weight excluding hydrogens is 438 g/mol. The third kappa shape index (κ3) is 3.43. The zero-order valence-electron chi connectivity index (χ0n) is 21.4. The molecule has 0 radical (unpaired) electrons. The quantitative estimate of drug-likeness (QED) is 0.442. The highest BCUT2D eigenvalue weighted by Gasteiger charge is 2.60. The highest BCUT2D eigenvalue weighted by Crippen LogP contribution is 2.67. The first-order chi connectivity index (χ1) is 16.3. The summed E-state index contributed by atoms with van der Waals surface area (Å²) >= 11 is 1.72. The minimum Gasteiger partial charge on any atom is -0.297 e. The predicted molar refractivity (Wildman–Crippen MR) is 139 cm³/mol. The fourth-order valence-corrected chi connectivity index (χ4v) is 9.88. The number of nitrogens with zero attached hydrogens (tertiary/aromatic N) is 3. The lowest BCUT2D eigenvalue weighted by molar-refractivity contribution is -0.137. The Bertz CT molecular complexity index is 1100. The van der Waals surface area contributed by atoms with E-state index in [-0.39, 0.29) is 11.3 Å². The molecule has 34 heavy (non-hydrogen) atoms. The third-order valence-corrected chi connectivity index (χ3v) is 12.1. The number of carbonyl (C=O) groups is 1. The molecule has 5 heteroatoms. The lowest BCUT2D eigenvalue weighted by atomic mass is 9.44. The minimum atomic E-state index is 0.171. The Morgan fingerprint density at radius 2 is 1.85 bits per heavy atom. The summed E-state index contributed by atoms with van der Waals surface area (Å²) in [4.78, 5) is 15.0. The van der Waals surface area contributed by atoms with Crippen LogP contribution in [0, 0.1) is 46.3 Å². The van der Waals surface area contributed by atoms with E-state index in [9.17, 15) is 4.79 Å². The number of Topliss-reactive ketones (excluding diaryl/α,β-unsaturated/α-hetero) is 1. The Labute approximate surface area is 209 Å². The Morgan fingerprint density at radius 3 is 2.68 bits per heavy atom. The smallest absolute Gasteiger partial charge is 0.157 e. The maximum absolute atomic E-state index is 13.8. The number of ketones is 1. The molecule has 184 valence electrons. The SMILES string of the molecule is CSc1ccc2nnn(CC(=O)C3CCC4C5CCC6CC(C)CCC6(C)C5CCC34C)c2c1. The van der Waals surface area contributed by atoms with Crippen LogP contribution in [0.25, 0.3) is 11.0 Å². The molecule has 0 N–H and O–H groups in total. The largest absolute Gasteiger partial charge is 0.297 e. The van der Waals surface area contributed by atoms with Gasteiger partial charge < -0.3 is 0 Å². The van der Waals surface area contributed by atoms with Crippen LogP contribution in [-0.4, -0.2) is 27.0 Å². The average Bonchev–Trinajstić information content (AvgIpc) is 3.39. The van der Waals surface area contributed by atoms with Crippen molar-refractivity contribution in [3.63, 3.8) is 0 Å². The second-order valence-corrected chi connectivity index (χ2v) is 13.7. The molecule has 0 aliphatic heterocycles. The summed E-state index contributed by atoms with van der Waals surface area (Å²) in [7, 11) is 0. The fraction of sp³-hybridized carbons (Fsp3) is 0.759.